The Balaban J connectivity index is 3.63. The summed E-state index contributed by atoms with van der Waals surface area (Å²) in [5.41, 5.74) is 0. The summed E-state index contributed by atoms with van der Waals surface area (Å²) in [6.45, 7) is 3.30. The fourth-order valence-corrected chi connectivity index (χ4v) is 0.640. The fraction of sp³-hybridized carbons (Fsp3) is 0.857. The van der Waals surface area contributed by atoms with Crippen molar-refractivity contribution in [3.63, 3.8) is 0 Å². The molecule has 0 fully saturated rings. The van der Waals surface area contributed by atoms with Crippen LogP contribution in [0.15, 0.2) is 0 Å². The summed E-state index contributed by atoms with van der Waals surface area (Å²) in [6.07, 6.45) is -3.69. The van der Waals surface area contributed by atoms with E-state index in [0.717, 1.165) is 6.92 Å². The largest absolute Gasteiger partial charge is 0.314 e. The van der Waals surface area contributed by atoms with E-state index in [1.807, 2.05) is 0 Å². The normalized spacial score (nSPS) is 16.0. The molecule has 2 nitrogen and oxygen atoms in total. The Labute approximate surface area is 65.0 Å². The van der Waals surface area contributed by atoms with Crippen molar-refractivity contribution in [2.45, 2.75) is 26.2 Å². The molecule has 0 rings (SSSR count). The zero-order valence-corrected chi connectivity index (χ0v) is 6.73. The van der Waals surface area contributed by atoms with Crippen LogP contribution in [0.4, 0.5) is 8.78 Å². The van der Waals surface area contributed by atoms with E-state index in [2.05, 4.69) is 5.32 Å². The second-order valence-corrected chi connectivity index (χ2v) is 2.34. The topological polar surface area (TPSA) is 29.1 Å². The van der Waals surface area contributed by atoms with E-state index >= 15 is 0 Å². The number of carbonyl (C=O) groups is 1. The van der Waals surface area contributed by atoms with E-state index in [1.165, 1.54) is 0 Å². The number of hydrogen-bond acceptors (Lipinski definition) is 2. The van der Waals surface area contributed by atoms with Gasteiger partial charge in [0, 0.05) is 6.54 Å². The maximum Gasteiger partial charge on any atom is 0.190 e. The van der Waals surface area contributed by atoms with Gasteiger partial charge >= 0.3 is 0 Å². The van der Waals surface area contributed by atoms with Crippen LogP contribution in [0.2, 0.25) is 0 Å². The molecule has 0 spiro atoms. The lowest BCUT2D eigenvalue weighted by atomic mass is 10.2. The van der Waals surface area contributed by atoms with Gasteiger partial charge in [-0.05, 0) is 13.5 Å². The number of nitrogens with one attached hydrogen (secondary N) is 1. The molecule has 0 aliphatic rings. The third kappa shape index (κ3) is 4.03. The van der Waals surface area contributed by atoms with Gasteiger partial charge in [-0.25, -0.2) is 8.78 Å². The van der Waals surface area contributed by atoms with Crippen molar-refractivity contribution in [2.24, 2.45) is 0 Å². The quantitative estimate of drug-likeness (QED) is 0.654. The highest BCUT2D eigenvalue weighted by molar-refractivity contribution is 5.80. The van der Waals surface area contributed by atoms with E-state index in [1.54, 1.807) is 6.92 Å². The predicted octanol–water partition coefficient (Wildman–Crippen LogP) is 0.861. The Kier molecular flexibility index (Phi) is 4.94. The van der Waals surface area contributed by atoms with Gasteiger partial charge in [-0.3, -0.25) is 4.79 Å². The average molecular weight is 165 g/mol. The van der Waals surface area contributed by atoms with Crippen LogP contribution < -0.4 is 5.32 Å². The maximum atomic E-state index is 12.6. The van der Waals surface area contributed by atoms with Crippen molar-refractivity contribution >= 4 is 5.78 Å². The summed E-state index contributed by atoms with van der Waals surface area (Å²) in [7, 11) is 0. The zero-order valence-electron chi connectivity index (χ0n) is 6.73. The number of Topliss-reactive ketones (excluding diaryl/α,β-unsaturated/α-hetero) is 1. The lowest BCUT2D eigenvalue weighted by Gasteiger charge is -2.10. The molecule has 2 unspecified atom stereocenters. The van der Waals surface area contributed by atoms with Gasteiger partial charge < -0.3 is 5.32 Å². The first kappa shape index (κ1) is 10.5. The zero-order chi connectivity index (χ0) is 8.85. The standard InChI is InChI=1S/C7H13F2NO/c1-3-10-4-6(8)7(9)5(2)11/h6-7,10H,3-4H2,1-2H3. The molecule has 0 radical (unpaired) electrons. The second-order valence-electron chi connectivity index (χ2n) is 2.34. The van der Waals surface area contributed by atoms with Gasteiger partial charge in [0.1, 0.15) is 0 Å². The van der Waals surface area contributed by atoms with Crippen LogP contribution in [0.1, 0.15) is 13.8 Å². The Morgan fingerprint density at radius 2 is 2.09 bits per heavy atom. The van der Waals surface area contributed by atoms with Crippen molar-refractivity contribution in [3.05, 3.63) is 0 Å². The van der Waals surface area contributed by atoms with Gasteiger partial charge in [0.05, 0.1) is 0 Å². The van der Waals surface area contributed by atoms with Crippen LogP contribution >= 0.6 is 0 Å². The van der Waals surface area contributed by atoms with E-state index in [9.17, 15) is 13.6 Å². The molecule has 0 saturated carbocycles. The maximum absolute atomic E-state index is 12.6. The summed E-state index contributed by atoms with van der Waals surface area (Å²) >= 11 is 0. The van der Waals surface area contributed by atoms with Crippen molar-refractivity contribution < 1.29 is 13.6 Å². The van der Waals surface area contributed by atoms with Gasteiger partial charge in [0.25, 0.3) is 0 Å². The molecule has 0 aromatic rings. The van der Waals surface area contributed by atoms with Crippen LogP contribution in [0, 0.1) is 0 Å². The highest BCUT2D eigenvalue weighted by atomic mass is 19.2. The molecule has 0 saturated heterocycles. The van der Waals surface area contributed by atoms with E-state index in [0.29, 0.717) is 6.54 Å². The molecule has 0 amide bonds. The molecule has 4 heteroatoms. The van der Waals surface area contributed by atoms with Gasteiger partial charge in [-0.15, -0.1) is 0 Å². The average Bonchev–Trinajstić information content (AvgIpc) is 1.98. The van der Waals surface area contributed by atoms with Gasteiger partial charge in [0.15, 0.2) is 18.1 Å². The van der Waals surface area contributed by atoms with Crippen molar-refractivity contribution in [3.8, 4) is 0 Å². The molecule has 0 aliphatic heterocycles. The highest BCUT2D eigenvalue weighted by Crippen LogP contribution is 2.03. The van der Waals surface area contributed by atoms with Crippen LogP contribution in [0.5, 0.6) is 0 Å². The smallest absolute Gasteiger partial charge is 0.190 e. The predicted molar refractivity (Wildman–Crippen MR) is 39.0 cm³/mol. The molecule has 66 valence electrons. The summed E-state index contributed by atoms with van der Waals surface area (Å²) < 4.78 is 25.1. The van der Waals surface area contributed by atoms with Crippen molar-refractivity contribution in [1.29, 1.82) is 0 Å². The number of rotatable bonds is 5. The number of carbonyl (C=O) groups excluding carboxylic acids is 1. The van der Waals surface area contributed by atoms with E-state index < -0.39 is 18.1 Å². The Morgan fingerprint density at radius 3 is 2.45 bits per heavy atom. The van der Waals surface area contributed by atoms with Crippen molar-refractivity contribution in [2.75, 3.05) is 13.1 Å². The molecule has 11 heavy (non-hydrogen) atoms. The minimum atomic E-state index is -1.98. The third-order valence-electron chi connectivity index (χ3n) is 1.30. The molecule has 0 bridgehead atoms. The van der Waals surface area contributed by atoms with Gasteiger partial charge in [0.2, 0.25) is 0 Å². The van der Waals surface area contributed by atoms with Crippen LogP contribution in [-0.2, 0) is 4.79 Å². The lowest BCUT2D eigenvalue weighted by Crippen LogP contribution is -2.34. The van der Waals surface area contributed by atoms with E-state index in [4.69, 9.17) is 0 Å². The number of halogens is 2. The molecular weight excluding hydrogens is 152 g/mol. The summed E-state index contributed by atoms with van der Waals surface area (Å²) in [6, 6.07) is 0. The Hall–Kier alpha value is -0.510. The fourth-order valence-electron chi connectivity index (χ4n) is 0.640. The first-order valence-electron chi connectivity index (χ1n) is 3.59. The van der Waals surface area contributed by atoms with Gasteiger partial charge in [-0.1, -0.05) is 6.92 Å². The van der Waals surface area contributed by atoms with Crippen LogP contribution in [0.25, 0.3) is 0 Å². The Bertz CT molecular complexity index is 130. The molecule has 0 aromatic carbocycles. The van der Waals surface area contributed by atoms with E-state index in [-0.39, 0.29) is 6.54 Å². The number of hydrogen-bond donors (Lipinski definition) is 1. The molecule has 1 N–H and O–H groups in total. The lowest BCUT2D eigenvalue weighted by molar-refractivity contribution is -0.123. The first-order chi connectivity index (χ1) is 5.09. The molecule has 0 heterocycles. The summed E-state index contributed by atoms with van der Waals surface area (Å²) in [5, 5.41) is 2.62. The van der Waals surface area contributed by atoms with Crippen LogP contribution in [-0.4, -0.2) is 31.2 Å². The Morgan fingerprint density at radius 1 is 1.55 bits per heavy atom. The minimum Gasteiger partial charge on any atom is -0.314 e. The molecule has 0 aromatic heterocycles. The first-order valence-corrected chi connectivity index (χ1v) is 3.59. The number of ketones is 1. The SMILES string of the molecule is CCNCC(F)C(F)C(C)=O. The van der Waals surface area contributed by atoms with Gasteiger partial charge in [-0.2, -0.15) is 0 Å². The molecular formula is C7H13F2NO. The molecule has 2 atom stereocenters. The van der Waals surface area contributed by atoms with Crippen LogP contribution in [0.3, 0.4) is 0 Å². The highest BCUT2D eigenvalue weighted by Gasteiger charge is 2.23. The summed E-state index contributed by atoms with van der Waals surface area (Å²) in [4.78, 5) is 10.3. The second kappa shape index (κ2) is 5.18. The summed E-state index contributed by atoms with van der Waals surface area (Å²) in [5.74, 6) is -0.754. The molecule has 0 aliphatic carbocycles. The monoisotopic (exact) mass is 165 g/mol. The third-order valence-corrected chi connectivity index (χ3v) is 1.30. The minimum absolute atomic E-state index is 0.1000. The number of alkyl halides is 2. The van der Waals surface area contributed by atoms with Crippen molar-refractivity contribution in [1.82, 2.24) is 5.32 Å².